The zero-order chi connectivity index (χ0) is 12.4. The number of benzene rings is 1. The molecule has 3 nitrogen and oxygen atoms in total. The van der Waals surface area contributed by atoms with E-state index in [1.54, 1.807) is 0 Å². The number of guanidine groups is 1. The quantitative estimate of drug-likeness (QED) is 0.874. The lowest BCUT2D eigenvalue weighted by atomic mass is 10.0. The molecule has 0 unspecified atom stereocenters. The minimum Gasteiger partial charge on any atom is -0.354 e. The lowest BCUT2D eigenvalue weighted by Crippen LogP contribution is -2.26. The third kappa shape index (κ3) is 2.75. The van der Waals surface area contributed by atoms with Crippen molar-refractivity contribution < 1.29 is 0 Å². The van der Waals surface area contributed by atoms with Crippen molar-refractivity contribution in [2.45, 2.75) is 19.8 Å². The van der Waals surface area contributed by atoms with Gasteiger partial charge in [0, 0.05) is 11.0 Å². The lowest BCUT2D eigenvalue weighted by molar-refractivity contribution is 0.861. The molecule has 0 atom stereocenters. The van der Waals surface area contributed by atoms with Crippen molar-refractivity contribution in [3.05, 3.63) is 27.2 Å². The Kier molecular flexibility index (Phi) is 3.94. The first kappa shape index (κ1) is 12.7. The van der Waals surface area contributed by atoms with Gasteiger partial charge in [-0.3, -0.25) is 4.99 Å². The van der Waals surface area contributed by atoms with Gasteiger partial charge in [0.05, 0.1) is 17.3 Å². The normalized spacial score (nSPS) is 14.8. The Labute approximate surface area is 115 Å². The third-order valence-electron chi connectivity index (χ3n) is 2.63. The molecule has 5 heteroatoms. The molecule has 0 fully saturated rings. The first-order valence-corrected chi connectivity index (χ1v) is 6.80. The molecule has 0 saturated heterocycles. The highest BCUT2D eigenvalue weighted by molar-refractivity contribution is 9.10. The summed E-state index contributed by atoms with van der Waals surface area (Å²) in [5.74, 6) is 1.17. The molecule has 1 aromatic carbocycles. The van der Waals surface area contributed by atoms with Crippen molar-refractivity contribution in [3.8, 4) is 0 Å². The van der Waals surface area contributed by atoms with Gasteiger partial charge < -0.3 is 10.6 Å². The number of halogens is 2. The molecule has 1 aliphatic heterocycles. The van der Waals surface area contributed by atoms with Crippen molar-refractivity contribution in [3.63, 3.8) is 0 Å². The average Bonchev–Trinajstić information content (AvgIpc) is 2.74. The van der Waals surface area contributed by atoms with E-state index in [2.05, 4.69) is 45.4 Å². The van der Waals surface area contributed by atoms with Gasteiger partial charge in [-0.05, 0) is 23.6 Å². The lowest BCUT2D eigenvalue weighted by Gasteiger charge is -2.15. The fraction of sp³-hybridized carbons (Fsp3) is 0.417. The second-order valence-corrected chi connectivity index (χ2v) is 5.49. The second kappa shape index (κ2) is 5.27. The molecule has 1 aliphatic rings. The molecule has 0 saturated carbocycles. The summed E-state index contributed by atoms with van der Waals surface area (Å²) in [4.78, 5) is 4.29. The maximum atomic E-state index is 6.41. The first-order valence-electron chi connectivity index (χ1n) is 5.63. The van der Waals surface area contributed by atoms with Crippen LogP contribution in [0.2, 0.25) is 5.02 Å². The summed E-state index contributed by atoms with van der Waals surface area (Å²) in [6, 6.07) is 3.97. The van der Waals surface area contributed by atoms with E-state index in [0.29, 0.717) is 5.92 Å². The molecule has 1 aromatic rings. The number of rotatable bonds is 2. The highest BCUT2D eigenvalue weighted by Gasteiger charge is 2.15. The number of aliphatic imine (C=N–C) groups is 1. The number of anilines is 1. The summed E-state index contributed by atoms with van der Waals surface area (Å²) in [6.07, 6.45) is 0. The summed E-state index contributed by atoms with van der Waals surface area (Å²) in [5.41, 5.74) is 2.02. The number of nitrogens with one attached hydrogen (secondary N) is 2. The van der Waals surface area contributed by atoms with Gasteiger partial charge in [-0.25, -0.2) is 0 Å². The molecule has 2 N–H and O–H groups in total. The van der Waals surface area contributed by atoms with E-state index in [4.69, 9.17) is 11.6 Å². The van der Waals surface area contributed by atoms with Gasteiger partial charge in [0.15, 0.2) is 5.96 Å². The molecule has 1 heterocycles. The van der Waals surface area contributed by atoms with E-state index in [0.717, 1.165) is 39.8 Å². The maximum absolute atomic E-state index is 6.41. The molecule has 0 spiro atoms. The second-order valence-electron chi connectivity index (χ2n) is 4.26. The van der Waals surface area contributed by atoms with E-state index >= 15 is 0 Å². The van der Waals surface area contributed by atoms with Gasteiger partial charge in [0.25, 0.3) is 0 Å². The number of nitrogens with zero attached hydrogens (tertiary/aromatic N) is 1. The van der Waals surface area contributed by atoms with Crippen molar-refractivity contribution in [2.24, 2.45) is 4.99 Å². The van der Waals surface area contributed by atoms with Crippen LogP contribution in [0.4, 0.5) is 5.69 Å². The van der Waals surface area contributed by atoms with E-state index in [1.807, 2.05) is 12.1 Å². The molecule has 0 aliphatic carbocycles. The van der Waals surface area contributed by atoms with E-state index in [9.17, 15) is 0 Å². The van der Waals surface area contributed by atoms with Gasteiger partial charge in [0.1, 0.15) is 0 Å². The van der Waals surface area contributed by atoms with E-state index in [1.165, 1.54) is 0 Å². The van der Waals surface area contributed by atoms with E-state index < -0.39 is 0 Å². The van der Waals surface area contributed by atoms with Crippen LogP contribution in [0, 0.1) is 0 Å². The third-order valence-corrected chi connectivity index (χ3v) is 3.73. The minimum atomic E-state index is 0.372. The number of hydrogen-bond donors (Lipinski definition) is 2. The Bertz CT molecular complexity index is 457. The zero-order valence-corrected chi connectivity index (χ0v) is 12.2. The van der Waals surface area contributed by atoms with E-state index in [-0.39, 0.29) is 0 Å². The van der Waals surface area contributed by atoms with Crippen LogP contribution in [0.3, 0.4) is 0 Å². The fourth-order valence-electron chi connectivity index (χ4n) is 1.80. The summed E-state index contributed by atoms with van der Waals surface area (Å²) in [7, 11) is 0. The standard InChI is InChI=1S/C12H15BrClN3/c1-7(2)10-8(13)3-4-9(11(10)14)17-12-15-5-6-16-12/h3-4,7H,5-6H2,1-2H3,(H2,15,16,17). The Morgan fingerprint density at radius 1 is 1.47 bits per heavy atom. The highest BCUT2D eigenvalue weighted by atomic mass is 79.9. The van der Waals surface area contributed by atoms with Crippen LogP contribution < -0.4 is 10.6 Å². The minimum absolute atomic E-state index is 0.372. The molecule has 0 aromatic heterocycles. The van der Waals surface area contributed by atoms with Gasteiger partial charge in [0.2, 0.25) is 0 Å². The van der Waals surface area contributed by atoms with Gasteiger partial charge in [-0.1, -0.05) is 41.4 Å². The van der Waals surface area contributed by atoms with Gasteiger partial charge in [-0.2, -0.15) is 0 Å². The van der Waals surface area contributed by atoms with Crippen LogP contribution in [-0.4, -0.2) is 19.0 Å². The average molecular weight is 317 g/mol. The topological polar surface area (TPSA) is 36.4 Å². The summed E-state index contributed by atoms with van der Waals surface area (Å²) < 4.78 is 1.05. The summed E-state index contributed by atoms with van der Waals surface area (Å²) in [5, 5.41) is 7.14. The van der Waals surface area contributed by atoms with Crippen LogP contribution in [-0.2, 0) is 0 Å². The van der Waals surface area contributed by atoms with Crippen LogP contribution >= 0.6 is 27.5 Å². The molecular weight excluding hydrogens is 302 g/mol. The molecule has 0 bridgehead atoms. The van der Waals surface area contributed by atoms with Crippen molar-refractivity contribution >= 4 is 39.2 Å². The predicted molar refractivity (Wildman–Crippen MR) is 77.2 cm³/mol. The Morgan fingerprint density at radius 3 is 2.82 bits per heavy atom. The molecule has 17 heavy (non-hydrogen) atoms. The molecule has 0 amide bonds. The first-order chi connectivity index (χ1) is 8.09. The smallest absolute Gasteiger partial charge is 0.195 e. The molecule has 0 radical (unpaired) electrons. The maximum Gasteiger partial charge on any atom is 0.195 e. The fourth-order valence-corrected chi connectivity index (χ4v) is 3.14. The van der Waals surface area contributed by atoms with Gasteiger partial charge in [-0.15, -0.1) is 0 Å². The van der Waals surface area contributed by atoms with Gasteiger partial charge >= 0.3 is 0 Å². The van der Waals surface area contributed by atoms with Crippen LogP contribution in [0.15, 0.2) is 21.6 Å². The summed E-state index contributed by atoms with van der Waals surface area (Å²) >= 11 is 9.95. The molecule has 2 rings (SSSR count). The Morgan fingerprint density at radius 2 is 2.24 bits per heavy atom. The van der Waals surface area contributed by atoms with Crippen LogP contribution in [0.25, 0.3) is 0 Å². The van der Waals surface area contributed by atoms with Crippen molar-refractivity contribution in [1.29, 1.82) is 0 Å². The SMILES string of the molecule is CC(C)c1c(Br)ccc(NC2=NCCN2)c1Cl. The number of hydrogen-bond acceptors (Lipinski definition) is 3. The molecular formula is C12H15BrClN3. The largest absolute Gasteiger partial charge is 0.354 e. The Hall–Kier alpha value is -0.740. The Balaban J connectivity index is 2.32. The molecule has 92 valence electrons. The van der Waals surface area contributed by atoms with Crippen LogP contribution in [0.1, 0.15) is 25.3 Å². The summed E-state index contributed by atoms with van der Waals surface area (Å²) in [6.45, 7) is 5.95. The zero-order valence-electron chi connectivity index (χ0n) is 9.85. The van der Waals surface area contributed by atoms with Crippen molar-refractivity contribution in [1.82, 2.24) is 5.32 Å². The highest BCUT2D eigenvalue weighted by Crippen LogP contribution is 2.36. The predicted octanol–water partition coefficient (Wildman–Crippen LogP) is 3.60. The van der Waals surface area contributed by atoms with Crippen molar-refractivity contribution in [2.75, 3.05) is 18.4 Å². The van der Waals surface area contributed by atoms with Crippen LogP contribution in [0.5, 0.6) is 0 Å². The monoisotopic (exact) mass is 315 g/mol.